The van der Waals surface area contributed by atoms with E-state index in [0.717, 1.165) is 12.8 Å². The molecule has 0 bridgehead atoms. The average Bonchev–Trinajstić information content (AvgIpc) is 2.23. The molecule has 0 unspecified atom stereocenters. The first-order chi connectivity index (χ1) is 7.18. The molecule has 0 radical (unpaired) electrons. The fourth-order valence-corrected chi connectivity index (χ4v) is 1.06. The molecule has 0 aliphatic carbocycles. The van der Waals surface area contributed by atoms with Gasteiger partial charge in [-0.3, -0.25) is 4.79 Å². The lowest BCUT2D eigenvalue weighted by molar-refractivity contribution is -0.137. The molecular weight excluding hydrogens is 196 g/mol. The minimum Gasteiger partial charge on any atom is -0.481 e. The van der Waals surface area contributed by atoms with Gasteiger partial charge in [-0.25, -0.2) is 0 Å². The molecule has 0 saturated carbocycles. The predicted octanol–water partition coefficient (Wildman–Crippen LogP) is 1.79. The molecule has 0 atom stereocenters. The number of unbranched alkanes of at least 4 members (excludes halogenated alkanes) is 5. The van der Waals surface area contributed by atoms with Gasteiger partial charge in [0.1, 0.15) is 0 Å². The summed E-state index contributed by atoms with van der Waals surface area (Å²) in [5.74, 6) is -0.666. The highest BCUT2D eigenvalue weighted by Crippen LogP contribution is 2.06. The zero-order chi connectivity index (χ0) is 11.9. The normalized spacial score (nSPS) is 9.27. The van der Waals surface area contributed by atoms with Crippen molar-refractivity contribution in [2.24, 2.45) is 0 Å². The lowest BCUT2D eigenvalue weighted by atomic mass is 10.1. The van der Waals surface area contributed by atoms with E-state index in [1.165, 1.54) is 25.7 Å². The molecule has 0 aromatic carbocycles. The number of hydrogen-bond donors (Lipinski definition) is 3. The summed E-state index contributed by atoms with van der Waals surface area (Å²) in [5.41, 5.74) is 0. The summed E-state index contributed by atoms with van der Waals surface area (Å²) < 4.78 is 0. The fraction of sp³-hybridized carbons (Fsp3) is 0.909. The van der Waals surface area contributed by atoms with Gasteiger partial charge in [0.2, 0.25) is 0 Å². The maximum atomic E-state index is 10.1. The lowest BCUT2D eigenvalue weighted by Gasteiger charge is -1.97. The Hall–Kier alpha value is -0.610. The first-order valence-corrected chi connectivity index (χ1v) is 5.62. The summed E-state index contributed by atoms with van der Waals surface area (Å²) in [7, 11) is 0. The molecule has 0 aromatic rings. The Bertz CT molecular complexity index is 124. The first-order valence-electron chi connectivity index (χ1n) is 5.62. The highest BCUT2D eigenvalue weighted by molar-refractivity contribution is 5.66. The predicted molar refractivity (Wildman–Crippen MR) is 59.8 cm³/mol. The van der Waals surface area contributed by atoms with E-state index in [9.17, 15) is 4.79 Å². The topological polar surface area (TPSA) is 77.8 Å². The van der Waals surface area contributed by atoms with E-state index in [0.29, 0.717) is 6.42 Å². The molecule has 0 saturated heterocycles. The summed E-state index contributed by atoms with van der Waals surface area (Å²) in [5, 5.41) is 23.6. The van der Waals surface area contributed by atoms with E-state index in [1.54, 1.807) is 0 Å². The van der Waals surface area contributed by atoms with Gasteiger partial charge in [0.25, 0.3) is 0 Å². The number of carbonyl (C=O) groups is 1. The number of carboxylic acids is 1. The SMILES string of the molecule is CCCCCCCCC(=O)O.OCCO. The third kappa shape index (κ3) is 24.7. The van der Waals surface area contributed by atoms with Crippen LogP contribution in [0.5, 0.6) is 0 Å². The lowest BCUT2D eigenvalue weighted by Crippen LogP contribution is -1.93. The molecule has 0 aromatic heterocycles. The Labute approximate surface area is 91.9 Å². The molecule has 0 heterocycles. The van der Waals surface area contributed by atoms with E-state index in [1.807, 2.05) is 0 Å². The standard InChI is InChI=1S/C9H18O2.C2H6O2/c1-2-3-4-5-6-7-8-9(10)11;3-1-2-4/h2-8H2,1H3,(H,10,11);3-4H,1-2H2. The smallest absolute Gasteiger partial charge is 0.303 e. The number of aliphatic carboxylic acids is 1. The van der Waals surface area contributed by atoms with Crippen LogP contribution in [-0.2, 0) is 4.79 Å². The van der Waals surface area contributed by atoms with Crippen LogP contribution in [0.15, 0.2) is 0 Å². The molecule has 0 spiro atoms. The zero-order valence-electron chi connectivity index (χ0n) is 9.61. The Kier molecular flexibility index (Phi) is 17.8. The largest absolute Gasteiger partial charge is 0.481 e. The molecule has 0 aliphatic heterocycles. The minimum atomic E-state index is -0.666. The van der Waals surface area contributed by atoms with Crippen molar-refractivity contribution in [2.45, 2.75) is 51.9 Å². The molecule has 0 rings (SSSR count). The number of hydrogen-bond acceptors (Lipinski definition) is 3. The van der Waals surface area contributed by atoms with Gasteiger partial charge in [-0.2, -0.15) is 0 Å². The fourth-order valence-electron chi connectivity index (χ4n) is 1.06. The first kappa shape index (κ1) is 16.8. The van der Waals surface area contributed by atoms with Crippen molar-refractivity contribution in [2.75, 3.05) is 13.2 Å². The molecule has 4 heteroatoms. The molecule has 0 aliphatic rings. The summed E-state index contributed by atoms with van der Waals surface area (Å²) in [4.78, 5) is 10.1. The van der Waals surface area contributed by atoms with E-state index in [2.05, 4.69) is 6.92 Å². The summed E-state index contributed by atoms with van der Waals surface area (Å²) in [6.07, 6.45) is 7.25. The van der Waals surface area contributed by atoms with Crippen LogP contribution >= 0.6 is 0 Å². The third-order valence-electron chi connectivity index (χ3n) is 1.84. The summed E-state index contributed by atoms with van der Waals surface area (Å²) in [6, 6.07) is 0. The molecular formula is C11H24O4. The third-order valence-corrected chi connectivity index (χ3v) is 1.84. The maximum Gasteiger partial charge on any atom is 0.303 e. The van der Waals surface area contributed by atoms with Crippen molar-refractivity contribution in [1.29, 1.82) is 0 Å². The Morgan fingerprint density at radius 1 is 0.933 bits per heavy atom. The van der Waals surface area contributed by atoms with Gasteiger partial charge >= 0.3 is 5.97 Å². The number of carboxylic acid groups (broad SMARTS) is 1. The van der Waals surface area contributed by atoms with Gasteiger partial charge in [0.15, 0.2) is 0 Å². The van der Waals surface area contributed by atoms with E-state index >= 15 is 0 Å². The van der Waals surface area contributed by atoms with Crippen molar-refractivity contribution in [1.82, 2.24) is 0 Å². The average molecular weight is 220 g/mol. The summed E-state index contributed by atoms with van der Waals surface area (Å²) in [6.45, 7) is 1.93. The van der Waals surface area contributed by atoms with Crippen molar-refractivity contribution in [3.8, 4) is 0 Å². The van der Waals surface area contributed by atoms with E-state index in [-0.39, 0.29) is 13.2 Å². The molecule has 92 valence electrons. The van der Waals surface area contributed by atoms with Gasteiger partial charge in [0, 0.05) is 6.42 Å². The van der Waals surface area contributed by atoms with Crippen LogP contribution in [0.1, 0.15) is 51.9 Å². The Morgan fingerprint density at radius 2 is 1.40 bits per heavy atom. The van der Waals surface area contributed by atoms with Gasteiger partial charge in [-0.05, 0) is 6.42 Å². The van der Waals surface area contributed by atoms with Crippen LogP contribution < -0.4 is 0 Å². The maximum absolute atomic E-state index is 10.1. The number of aliphatic hydroxyl groups is 2. The minimum absolute atomic E-state index is 0.125. The van der Waals surface area contributed by atoms with E-state index in [4.69, 9.17) is 15.3 Å². The Morgan fingerprint density at radius 3 is 1.80 bits per heavy atom. The monoisotopic (exact) mass is 220 g/mol. The second kappa shape index (κ2) is 15.8. The van der Waals surface area contributed by atoms with Crippen LogP contribution in [0.25, 0.3) is 0 Å². The van der Waals surface area contributed by atoms with Crippen molar-refractivity contribution in [3.05, 3.63) is 0 Å². The van der Waals surface area contributed by atoms with Crippen molar-refractivity contribution in [3.63, 3.8) is 0 Å². The summed E-state index contributed by atoms with van der Waals surface area (Å²) >= 11 is 0. The van der Waals surface area contributed by atoms with Crippen LogP contribution in [0.2, 0.25) is 0 Å². The number of rotatable bonds is 8. The van der Waals surface area contributed by atoms with Gasteiger partial charge < -0.3 is 15.3 Å². The Balaban J connectivity index is 0. The molecule has 4 nitrogen and oxygen atoms in total. The van der Waals surface area contributed by atoms with Gasteiger partial charge in [-0.15, -0.1) is 0 Å². The molecule has 0 fully saturated rings. The van der Waals surface area contributed by atoms with Gasteiger partial charge in [-0.1, -0.05) is 39.0 Å². The van der Waals surface area contributed by atoms with Crippen molar-refractivity contribution >= 4 is 5.97 Å². The van der Waals surface area contributed by atoms with Crippen LogP contribution in [0.4, 0.5) is 0 Å². The molecule has 3 N–H and O–H groups in total. The van der Waals surface area contributed by atoms with Crippen LogP contribution in [0.3, 0.4) is 0 Å². The zero-order valence-corrected chi connectivity index (χ0v) is 9.61. The molecule has 0 amide bonds. The second-order valence-electron chi connectivity index (χ2n) is 3.36. The quantitative estimate of drug-likeness (QED) is 0.545. The molecule has 15 heavy (non-hydrogen) atoms. The number of aliphatic hydroxyl groups excluding tert-OH is 2. The van der Waals surface area contributed by atoms with Crippen LogP contribution in [0, 0.1) is 0 Å². The highest BCUT2D eigenvalue weighted by atomic mass is 16.4. The highest BCUT2D eigenvalue weighted by Gasteiger charge is 1.95. The van der Waals surface area contributed by atoms with Gasteiger partial charge in [0.05, 0.1) is 13.2 Å². The second-order valence-corrected chi connectivity index (χ2v) is 3.36. The van der Waals surface area contributed by atoms with Crippen molar-refractivity contribution < 1.29 is 20.1 Å². The van der Waals surface area contributed by atoms with E-state index < -0.39 is 5.97 Å². The van der Waals surface area contributed by atoms with Crippen LogP contribution in [-0.4, -0.2) is 34.5 Å².